The molecule has 0 aliphatic carbocycles. The molecule has 0 N–H and O–H groups in total. The van der Waals surface area contributed by atoms with E-state index in [2.05, 4.69) is 18.5 Å². The lowest BCUT2D eigenvalue weighted by Crippen LogP contribution is -1.74. The molecule has 0 aliphatic rings. The quantitative estimate of drug-likeness (QED) is 0.496. The van der Waals surface area contributed by atoms with Crippen LogP contribution in [0, 0.1) is 0 Å². The zero-order chi connectivity index (χ0) is 10.2. The van der Waals surface area contributed by atoms with E-state index in [9.17, 15) is 0 Å². The minimum atomic E-state index is 0.958. The Morgan fingerprint density at radius 3 is 2.86 bits per heavy atom. The van der Waals surface area contributed by atoms with Gasteiger partial charge in [0, 0.05) is 11.8 Å². The Kier molecular flexibility index (Phi) is 4.42. The monoisotopic (exact) mass is 185 g/mol. The first-order valence-corrected chi connectivity index (χ1v) is 4.79. The van der Waals surface area contributed by atoms with Gasteiger partial charge in [-0.05, 0) is 12.5 Å². The highest BCUT2D eigenvalue weighted by molar-refractivity contribution is 5.70. The van der Waals surface area contributed by atoms with Crippen molar-refractivity contribution in [1.29, 1.82) is 0 Å². The molecule has 0 spiro atoms. The molecule has 0 bridgehead atoms. The van der Waals surface area contributed by atoms with E-state index in [1.807, 2.05) is 42.6 Å². The van der Waals surface area contributed by atoms with Crippen molar-refractivity contribution < 1.29 is 0 Å². The van der Waals surface area contributed by atoms with Gasteiger partial charge in [0.05, 0.1) is 5.69 Å². The summed E-state index contributed by atoms with van der Waals surface area (Å²) in [5, 5.41) is 0. The maximum atomic E-state index is 4.37. The SMILES string of the molecule is C=C/C=C\c1ccccc1/N=C/CC. The molecule has 0 fully saturated rings. The van der Waals surface area contributed by atoms with Gasteiger partial charge < -0.3 is 0 Å². The number of nitrogens with zero attached hydrogens (tertiary/aromatic N) is 1. The summed E-state index contributed by atoms with van der Waals surface area (Å²) in [6.45, 7) is 5.72. The van der Waals surface area contributed by atoms with Crippen LogP contribution < -0.4 is 0 Å². The van der Waals surface area contributed by atoms with Gasteiger partial charge in [-0.2, -0.15) is 0 Å². The molecule has 72 valence electrons. The van der Waals surface area contributed by atoms with Crippen molar-refractivity contribution in [2.45, 2.75) is 13.3 Å². The Balaban J connectivity index is 2.96. The first kappa shape index (κ1) is 10.5. The van der Waals surface area contributed by atoms with Crippen LogP contribution in [0.5, 0.6) is 0 Å². The molecule has 14 heavy (non-hydrogen) atoms. The fourth-order valence-electron chi connectivity index (χ4n) is 1.11. The highest BCUT2D eigenvalue weighted by atomic mass is 14.7. The third-order valence-electron chi connectivity index (χ3n) is 1.76. The largest absolute Gasteiger partial charge is 0.261 e. The van der Waals surface area contributed by atoms with E-state index in [0.717, 1.165) is 17.7 Å². The second kappa shape index (κ2) is 5.92. The molecule has 0 saturated heterocycles. The van der Waals surface area contributed by atoms with Gasteiger partial charge in [0.1, 0.15) is 0 Å². The van der Waals surface area contributed by atoms with E-state index >= 15 is 0 Å². The van der Waals surface area contributed by atoms with Crippen LogP contribution in [0.15, 0.2) is 48.0 Å². The van der Waals surface area contributed by atoms with Crippen LogP contribution >= 0.6 is 0 Å². The van der Waals surface area contributed by atoms with Crippen LogP contribution in [0.1, 0.15) is 18.9 Å². The van der Waals surface area contributed by atoms with Crippen LogP contribution in [0.3, 0.4) is 0 Å². The molecule has 0 aliphatic heterocycles. The van der Waals surface area contributed by atoms with Crippen LogP contribution in [0.25, 0.3) is 6.08 Å². The summed E-state index contributed by atoms with van der Waals surface area (Å²) in [6.07, 6.45) is 8.57. The van der Waals surface area contributed by atoms with Gasteiger partial charge >= 0.3 is 0 Å². The van der Waals surface area contributed by atoms with E-state index < -0.39 is 0 Å². The van der Waals surface area contributed by atoms with Crippen molar-refractivity contribution in [3.63, 3.8) is 0 Å². The Hall–Kier alpha value is -1.63. The average Bonchev–Trinajstić information content (AvgIpc) is 2.24. The van der Waals surface area contributed by atoms with Gasteiger partial charge in [-0.3, -0.25) is 4.99 Å². The van der Waals surface area contributed by atoms with Crippen molar-refractivity contribution >= 4 is 18.0 Å². The molecular formula is C13H15N. The first-order chi connectivity index (χ1) is 6.88. The number of allylic oxidation sites excluding steroid dienone is 2. The summed E-state index contributed by atoms with van der Waals surface area (Å²) >= 11 is 0. The minimum Gasteiger partial charge on any atom is -0.261 e. The molecule has 1 aromatic carbocycles. The number of rotatable bonds is 4. The zero-order valence-corrected chi connectivity index (χ0v) is 8.48. The smallest absolute Gasteiger partial charge is 0.0698 e. The Morgan fingerprint density at radius 2 is 2.14 bits per heavy atom. The molecule has 1 nitrogen and oxygen atoms in total. The summed E-state index contributed by atoms with van der Waals surface area (Å²) in [4.78, 5) is 4.37. The molecule has 0 atom stereocenters. The number of benzene rings is 1. The molecule has 0 saturated carbocycles. The third-order valence-corrected chi connectivity index (χ3v) is 1.76. The molecule has 0 unspecified atom stereocenters. The van der Waals surface area contributed by atoms with E-state index in [1.54, 1.807) is 6.08 Å². The van der Waals surface area contributed by atoms with Crippen molar-refractivity contribution in [3.8, 4) is 0 Å². The fourth-order valence-corrected chi connectivity index (χ4v) is 1.11. The lowest BCUT2D eigenvalue weighted by atomic mass is 10.1. The maximum absolute atomic E-state index is 4.37. The van der Waals surface area contributed by atoms with Crippen molar-refractivity contribution in [2.75, 3.05) is 0 Å². The summed E-state index contributed by atoms with van der Waals surface area (Å²) in [5.74, 6) is 0. The lowest BCUT2D eigenvalue weighted by molar-refractivity contribution is 1.31. The highest BCUT2D eigenvalue weighted by Crippen LogP contribution is 2.19. The standard InChI is InChI=1S/C13H15N/c1-3-5-8-12-9-6-7-10-13(12)14-11-4-2/h3,5-11H,1,4H2,2H3/b8-5-,14-11+. The Bertz CT molecular complexity index is 348. The molecule has 1 heteroatoms. The molecular weight excluding hydrogens is 170 g/mol. The molecule has 0 amide bonds. The summed E-state index contributed by atoms with van der Waals surface area (Å²) in [6, 6.07) is 8.05. The number of hydrogen-bond acceptors (Lipinski definition) is 1. The predicted octanol–water partition coefficient (Wildman–Crippen LogP) is 4.00. The van der Waals surface area contributed by atoms with Gasteiger partial charge in [0.25, 0.3) is 0 Å². The Morgan fingerprint density at radius 1 is 1.36 bits per heavy atom. The van der Waals surface area contributed by atoms with Gasteiger partial charge in [-0.15, -0.1) is 0 Å². The Labute approximate surface area is 85.5 Å². The third kappa shape index (κ3) is 3.02. The topological polar surface area (TPSA) is 12.4 Å². The van der Waals surface area contributed by atoms with Crippen molar-refractivity contribution in [3.05, 3.63) is 48.6 Å². The molecule has 0 radical (unpaired) electrons. The molecule has 0 heterocycles. The van der Waals surface area contributed by atoms with Crippen LogP contribution in [-0.4, -0.2) is 6.21 Å². The fraction of sp³-hybridized carbons (Fsp3) is 0.154. The number of hydrogen-bond donors (Lipinski definition) is 0. The van der Waals surface area contributed by atoms with Gasteiger partial charge in [-0.25, -0.2) is 0 Å². The highest BCUT2D eigenvalue weighted by Gasteiger charge is 1.93. The van der Waals surface area contributed by atoms with E-state index in [4.69, 9.17) is 0 Å². The van der Waals surface area contributed by atoms with Crippen LogP contribution in [-0.2, 0) is 0 Å². The summed E-state index contributed by atoms with van der Waals surface area (Å²) in [5.41, 5.74) is 2.13. The zero-order valence-electron chi connectivity index (χ0n) is 8.48. The van der Waals surface area contributed by atoms with Crippen molar-refractivity contribution in [1.82, 2.24) is 0 Å². The molecule has 1 rings (SSSR count). The van der Waals surface area contributed by atoms with Gasteiger partial charge in [0.15, 0.2) is 0 Å². The van der Waals surface area contributed by atoms with Crippen LogP contribution in [0.2, 0.25) is 0 Å². The summed E-state index contributed by atoms with van der Waals surface area (Å²) < 4.78 is 0. The molecule has 1 aromatic rings. The first-order valence-electron chi connectivity index (χ1n) is 4.79. The van der Waals surface area contributed by atoms with Crippen molar-refractivity contribution in [2.24, 2.45) is 4.99 Å². The minimum absolute atomic E-state index is 0.958. The lowest BCUT2D eigenvalue weighted by Gasteiger charge is -1.98. The number of aliphatic imine (C=N–C) groups is 1. The second-order valence-corrected chi connectivity index (χ2v) is 2.87. The average molecular weight is 185 g/mol. The normalized spacial score (nSPS) is 11.2. The molecule has 0 aromatic heterocycles. The maximum Gasteiger partial charge on any atom is 0.0698 e. The second-order valence-electron chi connectivity index (χ2n) is 2.87. The number of para-hydroxylation sites is 1. The van der Waals surface area contributed by atoms with Gasteiger partial charge in [0.2, 0.25) is 0 Å². The van der Waals surface area contributed by atoms with E-state index in [1.165, 1.54) is 0 Å². The van der Waals surface area contributed by atoms with E-state index in [0.29, 0.717) is 0 Å². The predicted molar refractivity (Wildman–Crippen MR) is 64.1 cm³/mol. The van der Waals surface area contributed by atoms with Crippen LogP contribution in [0.4, 0.5) is 5.69 Å². The summed E-state index contributed by atoms with van der Waals surface area (Å²) in [7, 11) is 0. The van der Waals surface area contributed by atoms with Gasteiger partial charge in [-0.1, -0.05) is 49.9 Å². The van der Waals surface area contributed by atoms with E-state index in [-0.39, 0.29) is 0 Å².